The number of carbonyl (C=O) groups excluding carboxylic acids is 1. The third-order valence-corrected chi connectivity index (χ3v) is 3.66. The lowest BCUT2D eigenvalue weighted by Gasteiger charge is -2.15. The van der Waals surface area contributed by atoms with Gasteiger partial charge in [-0.25, -0.2) is 0 Å². The zero-order chi connectivity index (χ0) is 17.5. The molecule has 3 aromatic carbocycles. The monoisotopic (exact) mass is 334 g/mol. The fourth-order valence-corrected chi connectivity index (χ4v) is 2.39. The zero-order valence-corrected chi connectivity index (χ0v) is 13.6. The first-order valence-electron chi connectivity index (χ1n) is 7.92. The molecule has 0 spiro atoms. The summed E-state index contributed by atoms with van der Waals surface area (Å²) in [5, 5.41) is 10.2. The van der Waals surface area contributed by atoms with Gasteiger partial charge in [0.2, 0.25) is 5.75 Å². The van der Waals surface area contributed by atoms with Crippen LogP contribution in [0.2, 0.25) is 0 Å². The number of hydrogen-bond donors (Lipinski definition) is 1. The standard InChI is InChI=1S/C21H18O4/c22-13-18-11-19(23)21(25-15-17-9-5-2-6-10-17)20(12-18)24-14-16-7-3-1-4-8-16/h1-13,23H,14-15H2. The van der Waals surface area contributed by atoms with Crippen LogP contribution in [-0.2, 0) is 13.2 Å². The van der Waals surface area contributed by atoms with Crippen LogP contribution in [0.1, 0.15) is 21.5 Å². The van der Waals surface area contributed by atoms with Gasteiger partial charge in [0.1, 0.15) is 19.5 Å². The maximum atomic E-state index is 11.1. The predicted molar refractivity (Wildman–Crippen MR) is 95.0 cm³/mol. The molecule has 0 aliphatic heterocycles. The van der Waals surface area contributed by atoms with E-state index in [0.29, 0.717) is 24.2 Å². The van der Waals surface area contributed by atoms with Crippen molar-refractivity contribution in [3.05, 3.63) is 89.5 Å². The van der Waals surface area contributed by atoms with E-state index in [4.69, 9.17) is 9.47 Å². The van der Waals surface area contributed by atoms with Crippen molar-refractivity contribution in [2.75, 3.05) is 0 Å². The highest BCUT2D eigenvalue weighted by molar-refractivity contribution is 5.78. The van der Waals surface area contributed by atoms with Crippen molar-refractivity contribution in [1.29, 1.82) is 0 Å². The maximum absolute atomic E-state index is 11.1. The van der Waals surface area contributed by atoms with Gasteiger partial charge in [0, 0.05) is 5.56 Å². The summed E-state index contributed by atoms with van der Waals surface area (Å²) >= 11 is 0. The van der Waals surface area contributed by atoms with Crippen LogP contribution in [0.15, 0.2) is 72.8 Å². The van der Waals surface area contributed by atoms with E-state index in [2.05, 4.69) is 0 Å². The highest BCUT2D eigenvalue weighted by Gasteiger charge is 2.14. The van der Waals surface area contributed by atoms with E-state index in [1.54, 1.807) is 6.07 Å². The number of aromatic hydroxyl groups is 1. The van der Waals surface area contributed by atoms with Crippen LogP contribution in [0.3, 0.4) is 0 Å². The Kier molecular flexibility index (Phi) is 5.32. The maximum Gasteiger partial charge on any atom is 0.203 e. The minimum atomic E-state index is -0.122. The molecule has 4 nitrogen and oxygen atoms in total. The zero-order valence-electron chi connectivity index (χ0n) is 13.6. The van der Waals surface area contributed by atoms with Gasteiger partial charge in [0.05, 0.1) is 0 Å². The van der Waals surface area contributed by atoms with Crippen LogP contribution in [-0.4, -0.2) is 11.4 Å². The van der Waals surface area contributed by atoms with E-state index in [9.17, 15) is 9.90 Å². The summed E-state index contributed by atoms with van der Waals surface area (Å²) in [5.41, 5.74) is 2.27. The highest BCUT2D eigenvalue weighted by Crippen LogP contribution is 2.38. The molecule has 0 heterocycles. The predicted octanol–water partition coefficient (Wildman–Crippen LogP) is 4.36. The average molecular weight is 334 g/mol. The number of hydrogen-bond acceptors (Lipinski definition) is 4. The number of aldehydes is 1. The quantitative estimate of drug-likeness (QED) is 0.652. The molecule has 1 N–H and O–H groups in total. The molecule has 3 aromatic rings. The lowest BCUT2D eigenvalue weighted by atomic mass is 10.2. The van der Waals surface area contributed by atoms with E-state index in [0.717, 1.165) is 11.1 Å². The van der Waals surface area contributed by atoms with Crippen molar-refractivity contribution < 1.29 is 19.4 Å². The Morgan fingerprint density at radius 1 is 0.800 bits per heavy atom. The summed E-state index contributed by atoms with van der Waals surface area (Å²) < 4.78 is 11.5. The molecule has 4 heteroatoms. The first-order chi connectivity index (χ1) is 12.3. The fourth-order valence-electron chi connectivity index (χ4n) is 2.39. The molecule has 3 rings (SSSR count). The first-order valence-corrected chi connectivity index (χ1v) is 7.92. The van der Waals surface area contributed by atoms with E-state index in [-0.39, 0.29) is 18.1 Å². The largest absolute Gasteiger partial charge is 0.504 e. The summed E-state index contributed by atoms with van der Waals surface area (Å²) in [6.07, 6.45) is 0.663. The SMILES string of the molecule is O=Cc1cc(O)c(OCc2ccccc2)c(OCc2ccccc2)c1. The summed E-state index contributed by atoms with van der Waals surface area (Å²) in [6, 6.07) is 22.2. The molecule has 0 aromatic heterocycles. The fraction of sp³-hybridized carbons (Fsp3) is 0.0952. The molecular weight excluding hydrogens is 316 g/mol. The number of carbonyl (C=O) groups is 1. The van der Waals surface area contributed by atoms with Gasteiger partial charge in [0.25, 0.3) is 0 Å². The Morgan fingerprint density at radius 2 is 1.36 bits per heavy atom. The summed E-state index contributed by atoms with van der Waals surface area (Å²) in [5.74, 6) is 0.441. The van der Waals surface area contributed by atoms with Gasteiger partial charge < -0.3 is 14.6 Å². The van der Waals surface area contributed by atoms with Crippen LogP contribution in [0.4, 0.5) is 0 Å². The number of phenolic OH excluding ortho intramolecular Hbond substituents is 1. The van der Waals surface area contributed by atoms with Gasteiger partial charge in [-0.2, -0.15) is 0 Å². The van der Waals surface area contributed by atoms with E-state index in [1.165, 1.54) is 6.07 Å². The summed E-state index contributed by atoms with van der Waals surface area (Å²) in [6.45, 7) is 0.598. The van der Waals surface area contributed by atoms with Gasteiger partial charge >= 0.3 is 0 Å². The van der Waals surface area contributed by atoms with Gasteiger partial charge in [-0.3, -0.25) is 4.79 Å². The molecule has 0 atom stereocenters. The number of phenols is 1. The summed E-state index contributed by atoms with van der Waals surface area (Å²) in [4.78, 5) is 11.1. The van der Waals surface area contributed by atoms with Crippen molar-refractivity contribution in [1.82, 2.24) is 0 Å². The van der Waals surface area contributed by atoms with E-state index in [1.807, 2.05) is 60.7 Å². The third-order valence-electron chi connectivity index (χ3n) is 3.66. The number of rotatable bonds is 7. The van der Waals surface area contributed by atoms with Crippen molar-refractivity contribution >= 4 is 6.29 Å². The minimum absolute atomic E-state index is 0.122. The molecule has 0 amide bonds. The third kappa shape index (κ3) is 4.38. The molecule has 0 aliphatic carbocycles. The second-order valence-electron chi connectivity index (χ2n) is 5.53. The van der Waals surface area contributed by atoms with E-state index < -0.39 is 0 Å². The Hall–Kier alpha value is -3.27. The van der Waals surface area contributed by atoms with Crippen molar-refractivity contribution in [2.24, 2.45) is 0 Å². The van der Waals surface area contributed by atoms with Gasteiger partial charge in [-0.1, -0.05) is 60.7 Å². The van der Waals surface area contributed by atoms with Crippen LogP contribution >= 0.6 is 0 Å². The van der Waals surface area contributed by atoms with Gasteiger partial charge in [0.15, 0.2) is 11.5 Å². The Labute approximate surface area is 146 Å². The normalized spacial score (nSPS) is 10.2. The van der Waals surface area contributed by atoms with Gasteiger partial charge in [-0.05, 0) is 23.3 Å². The minimum Gasteiger partial charge on any atom is -0.504 e. The Balaban J connectivity index is 1.81. The van der Waals surface area contributed by atoms with Crippen molar-refractivity contribution in [3.63, 3.8) is 0 Å². The molecular formula is C21H18O4. The second kappa shape index (κ2) is 8.02. The number of ether oxygens (including phenoxy) is 2. The lowest BCUT2D eigenvalue weighted by molar-refractivity contribution is 0.112. The van der Waals surface area contributed by atoms with Crippen LogP contribution in [0.25, 0.3) is 0 Å². The van der Waals surface area contributed by atoms with Crippen LogP contribution in [0.5, 0.6) is 17.2 Å². The average Bonchev–Trinajstić information content (AvgIpc) is 2.67. The van der Waals surface area contributed by atoms with Crippen LogP contribution < -0.4 is 9.47 Å². The molecule has 0 aliphatic rings. The van der Waals surface area contributed by atoms with E-state index >= 15 is 0 Å². The van der Waals surface area contributed by atoms with Crippen molar-refractivity contribution in [3.8, 4) is 17.2 Å². The topological polar surface area (TPSA) is 55.8 Å². The molecule has 0 radical (unpaired) electrons. The Bertz CT molecular complexity index is 829. The lowest BCUT2D eigenvalue weighted by Crippen LogP contribution is -2.01. The molecule has 0 fully saturated rings. The highest BCUT2D eigenvalue weighted by atomic mass is 16.5. The second-order valence-corrected chi connectivity index (χ2v) is 5.53. The van der Waals surface area contributed by atoms with Gasteiger partial charge in [-0.15, -0.1) is 0 Å². The molecule has 25 heavy (non-hydrogen) atoms. The molecule has 0 saturated heterocycles. The molecule has 0 unspecified atom stereocenters. The van der Waals surface area contributed by atoms with Crippen LogP contribution in [0, 0.1) is 0 Å². The summed E-state index contributed by atoms with van der Waals surface area (Å²) in [7, 11) is 0. The number of benzene rings is 3. The molecule has 0 bridgehead atoms. The smallest absolute Gasteiger partial charge is 0.203 e. The molecule has 0 saturated carbocycles. The first kappa shape index (κ1) is 16.6. The van der Waals surface area contributed by atoms with Crippen molar-refractivity contribution in [2.45, 2.75) is 13.2 Å². The molecule has 126 valence electrons. The Morgan fingerprint density at radius 3 is 1.92 bits per heavy atom.